The van der Waals surface area contributed by atoms with Gasteiger partial charge in [-0.15, -0.1) is 13.2 Å². The molecule has 4 saturated heterocycles. The van der Waals surface area contributed by atoms with Gasteiger partial charge in [-0.1, -0.05) is 88.7 Å². The number of likely N-dealkylation sites (N-methyl/N-ethyl adjacent to an activating group) is 1. The SMILES string of the molecule is C=CCCC(=O)N(C)[C@H](C)[C@H](OC(=O)[C@@H]1[C@H]2O[C@@]3(CC2Br)[C@H](C(=O)N(CC=C)CCN2CCOCC2)N([C@@H](CO)Cc2ccccc2)C(=O)[C@@H]13)c1ccccc1. The van der Waals surface area contributed by atoms with E-state index in [1.54, 1.807) is 29.0 Å². The van der Waals surface area contributed by atoms with Crippen molar-refractivity contribution in [1.29, 1.82) is 0 Å². The number of amides is 3. The minimum atomic E-state index is -1.37. The fourth-order valence-corrected chi connectivity index (χ4v) is 9.92. The summed E-state index contributed by atoms with van der Waals surface area (Å²) in [6, 6.07) is 16.3. The van der Waals surface area contributed by atoms with Gasteiger partial charge in [-0.2, -0.15) is 0 Å². The zero-order chi connectivity index (χ0) is 40.0. The Morgan fingerprint density at radius 3 is 2.39 bits per heavy atom. The van der Waals surface area contributed by atoms with E-state index in [-0.39, 0.29) is 29.6 Å². The molecule has 3 amide bonds. The number of fused-ring (bicyclic) bond motifs is 1. The van der Waals surface area contributed by atoms with E-state index in [1.165, 1.54) is 4.90 Å². The van der Waals surface area contributed by atoms with Crippen LogP contribution in [0.15, 0.2) is 86.0 Å². The third kappa shape index (κ3) is 8.38. The van der Waals surface area contributed by atoms with Crippen molar-refractivity contribution in [3.63, 3.8) is 0 Å². The molecule has 4 aliphatic heterocycles. The van der Waals surface area contributed by atoms with E-state index in [0.29, 0.717) is 51.1 Å². The molecule has 4 heterocycles. The Bertz CT molecular complexity index is 1710. The largest absolute Gasteiger partial charge is 0.455 e. The highest BCUT2D eigenvalue weighted by Crippen LogP contribution is 2.61. The third-order valence-electron chi connectivity index (χ3n) is 12.0. The van der Waals surface area contributed by atoms with Crippen molar-refractivity contribution in [1.82, 2.24) is 19.6 Å². The monoisotopic (exact) mass is 834 g/mol. The molecular weight excluding hydrogens is 780 g/mol. The van der Waals surface area contributed by atoms with Crippen LogP contribution in [0.1, 0.15) is 43.4 Å². The Morgan fingerprint density at radius 2 is 1.75 bits per heavy atom. The molecule has 0 aromatic heterocycles. The summed E-state index contributed by atoms with van der Waals surface area (Å²) in [6.07, 6.45) is 3.12. The molecule has 2 aromatic rings. The van der Waals surface area contributed by atoms with Crippen LogP contribution in [0, 0.1) is 11.8 Å². The lowest BCUT2D eigenvalue weighted by Gasteiger charge is -2.40. The van der Waals surface area contributed by atoms with Crippen LogP contribution in [0.2, 0.25) is 0 Å². The molecule has 9 atom stereocenters. The summed E-state index contributed by atoms with van der Waals surface area (Å²) >= 11 is 3.78. The summed E-state index contributed by atoms with van der Waals surface area (Å²) in [5.41, 5.74) is 0.216. The number of benzene rings is 2. The van der Waals surface area contributed by atoms with Gasteiger partial charge < -0.3 is 34.0 Å². The van der Waals surface area contributed by atoms with Crippen molar-refractivity contribution < 1.29 is 38.5 Å². The molecule has 0 radical (unpaired) electrons. The number of aliphatic hydroxyl groups excluding tert-OH is 1. The van der Waals surface area contributed by atoms with Gasteiger partial charge in [0.05, 0.1) is 49.8 Å². The summed E-state index contributed by atoms with van der Waals surface area (Å²) < 4.78 is 18.8. The number of esters is 1. The number of alkyl halides is 1. The second kappa shape index (κ2) is 18.6. The highest BCUT2D eigenvalue weighted by atomic mass is 79.9. The Hall–Kier alpha value is -3.88. The van der Waals surface area contributed by atoms with Gasteiger partial charge in [0.25, 0.3) is 0 Å². The van der Waals surface area contributed by atoms with Crippen molar-refractivity contribution in [3.05, 3.63) is 97.1 Å². The van der Waals surface area contributed by atoms with Crippen LogP contribution in [-0.2, 0) is 39.8 Å². The molecule has 1 N–H and O–H groups in total. The molecule has 12 nitrogen and oxygen atoms in total. The zero-order valence-electron chi connectivity index (χ0n) is 32.4. The minimum absolute atomic E-state index is 0.119. The number of rotatable bonds is 18. The van der Waals surface area contributed by atoms with Gasteiger partial charge in [-0.25, -0.2) is 0 Å². The number of ether oxygens (including phenoxy) is 3. The topological polar surface area (TPSA) is 129 Å². The van der Waals surface area contributed by atoms with Crippen LogP contribution < -0.4 is 0 Å². The summed E-state index contributed by atoms with van der Waals surface area (Å²) in [4.78, 5) is 64.8. The molecule has 13 heteroatoms. The highest BCUT2D eigenvalue weighted by Gasteiger charge is 2.77. The third-order valence-corrected chi connectivity index (χ3v) is 12.8. The van der Waals surface area contributed by atoms with E-state index in [2.05, 4.69) is 34.0 Å². The number of aliphatic hydroxyl groups is 1. The number of morpholine rings is 1. The maximum atomic E-state index is 15.1. The molecule has 4 fully saturated rings. The van der Waals surface area contributed by atoms with Crippen LogP contribution >= 0.6 is 15.9 Å². The minimum Gasteiger partial charge on any atom is -0.455 e. The molecule has 2 bridgehead atoms. The Morgan fingerprint density at radius 1 is 1.07 bits per heavy atom. The molecule has 4 aliphatic rings. The number of hydrogen-bond acceptors (Lipinski definition) is 9. The van der Waals surface area contributed by atoms with Gasteiger partial charge in [-0.05, 0) is 37.3 Å². The van der Waals surface area contributed by atoms with Crippen molar-refractivity contribution in [2.24, 2.45) is 11.8 Å². The average molecular weight is 836 g/mol. The second-order valence-corrected chi connectivity index (χ2v) is 16.5. The van der Waals surface area contributed by atoms with Gasteiger partial charge >= 0.3 is 5.97 Å². The van der Waals surface area contributed by atoms with Crippen LogP contribution in [0.4, 0.5) is 0 Å². The lowest BCUT2D eigenvalue weighted by Crippen LogP contribution is -2.60. The van der Waals surface area contributed by atoms with Crippen LogP contribution in [-0.4, -0.2) is 143 Å². The predicted molar refractivity (Wildman–Crippen MR) is 215 cm³/mol. The number of likely N-dealkylation sites (tertiary alicyclic amines) is 1. The number of nitrogens with zero attached hydrogens (tertiary/aromatic N) is 4. The first-order valence-electron chi connectivity index (χ1n) is 19.7. The van der Waals surface area contributed by atoms with Gasteiger partial charge in [-0.3, -0.25) is 24.1 Å². The molecule has 1 unspecified atom stereocenters. The van der Waals surface area contributed by atoms with E-state index in [0.717, 1.165) is 18.7 Å². The summed E-state index contributed by atoms with van der Waals surface area (Å²) in [6.45, 7) is 13.1. The first-order chi connectivity index (χ1) is 27.1. The number of allylic oxidation sites excluding steroid dienone is 1. The Balaban J connectivity index is 1.36. The van der Waals surface area contributed by atoms with E-state index in [9.17, 15) is 14.7 Å². The number of halogens is 1. The molecule has 302 valence electrons. The van der Waals surface area contributed by atoms with Crippen LogP contribution in [0.3, 0.4) is 0 Å². The lowest BCUT2D eigenvalue weighted by molar-refractivity contribution is -0.165. The maximum Gasteiger partial charge on any atom is 0.313 e. The molecule has 0 aliphatic carbocycles. The van der Waals surface area contributed by atoms with Crippen molar-refractivity contribution >= 4 is 39.6 Å². The van der Waals surface area contributed by atoms with Gasteiger partial charge in [0.1, 0.15) is 17.7 Å². The average Bonchev–Trinajstić information content (AvgIpc) is 3.82. The summed E-state index contributed by atoms with van der Waals surface area (Å²) in [5, 5.41) is 11.0. The first kappa shape index (κ1) is 41.7. The van der Waals surface area contributed by atoms with E-state index in [4.69, 9.17) is 14.2 Å². The Kier molecular flexibility index (Phi) is 13.9. The zero-order valence-corrected chi connectivity index (χ0v) is 34.0. The first-order valence-corrected chi connectivity index (χ1v) is 20.6. The lowest BCUT2D eigenvalue weighted by atomic mass is 9.70. The predicted octanol–water partition coefficient (Wildman–Crippen LogP) is 3.78. The van der Waals surface area contributed by atoms with Crippen molar-refractivity contribution in [3.8, 4) is 0 Å². The standard InChI is InChI=1S/C43H55BrN4O8/c1-5-7-18-34(50)45(4)29(3)37(31-16-12-9-13-17-31)55-42(53)35-36-40(51)48(32(28-49)26-30-14-10-8-11-15-30)39(43(36)27-33(44)38(35)56-43)41(52)47(19-6-2)21-20-46-22-24-54-25-23-46/h5-6,8-17,29,32-33,35-39,49H,1-2,7,18-28H2,3-4H3/t29-,32-,33?,35+,36-,37+,38+,39+,43-/m1/s1. The van der Waals surface area contributed by atoms with Crippen molar-refractivity contribution in [2.45, 2.75) is 73.4 Å². The fourth-order valence-electron chi connectivity index (χ4n) is 8.98. The quantitative estimate of drug-likeness (QED) is 0.136. The van der Waals surface area contributed by atoms with Crippen LogP contribution in [0.25, 0.3) is 0 Å². The Labute approximate surface area is 338 Å². The molecule has 56 heavy (non-hydrogen) atoms. The summed E-state index contributed by atoms with van der Waals surface area (Å²) in [5.74, 6) is -3.60. The molecular formula is C43H55BrN4O8. The van der Waals surface area contributed by atoms with E-state index in [1.807, 2.05) is 67.6 Å². The van der Waals surface area contributed by atoms with E-state index >= 15 is 9.59 Å². The molecule has 6 rings (SSSR count). The fraction of sp³-hybridized carbons (Fsp3) is 0.535. The number of hydrogen-bond donors (Lipinski definition) is 1. The van der Waals surface area contributed by atoms with Gasteiger partial charge in [0, 0.05) is 51.0 Å². The molecule has 0 saturated carbocycles. The normalized spacial score (nSPS) is 27.2. The molecule has 2 aromatic carbocycles. The smallest absolute Gasteiger partial charge is 0.313 e. The summed E-state index contributed by atoms with van der Waals surface area (Å²) in [7, 11) is 1.69. The number of carbonyl (C=O) groups excluding carboxylic acids is 4. The highest BCUT2D eigenvalue weighted by molar-refractivity contribution is 9.09. The second-order valence-electron chi connectivity index (χ2n) is 15.3. The number of carbonyl (C=O) groups is 4. The van der Waals surface area contributed by atoms with Crippen LogP contribution in [0.5, 0.6) is 0 Å². The van der Waals surface area contributed by atoms with Gasteiger partial charge in [0.2, 0.25) is 17.7 Å². The van der Waals surface area contributed by atoms with E-state index < -0.39 is 66.3 Å². The maximum absolute atomic E-state index is 15.1. The van der Waals surface area contributed by atoms with Gasteiger partial charge in [0.15, 0.2) is 0 Å². The van der Waals surface area contributed by atoms with Crippen molar-refractivity contribution in [2.75, 3.05) is 59.6 Å². The molecule has 1 spiro atoms.